The summed E-state index contributed by atoms with van der Waals surface area (Å²) < 4.78 is 16.1. The Morgan fingerprint density at radius 1 is 1.11 bits per heavy atom. The topological polar surface area (TPSA) is 86.5 Å². The molecule has 140 valence electrons. The molecule has 3 rings (SSSR count). The molecule has 1 aromatic heterocycles. The number of anilines is 1. The maximum absolute atomic E-state index is 12.7. The molecule has 1 atom stereocenters. The largest absolute Gasteiger partial charge is 0.497 e. The van der Waals surface area contributed by atoms with Crippen LogP contribution in [0, 0.1) is 6.92 Å². The Morgan fingerprint density at radius 2 is 1.89 bits per heavy atom. The van der Waals surface area contributed by atoms with Gasteiger partial charge < -0.3 is 19.2 Å². The predicted octanol–water partition coefficient (Wildman–Crippen LogP) is 3.56. The Bertz CT molecular complexity index is 909. The third-order valence-electron chi connectivity index (χ3n) is 4.11. The molecular weight excluding hydrogens is 346 g/mol. The van der Waals surface area contributed by atoms with Crippen LogP contribution in [0.2, 0.25) is 0 Å². The molecule has 0 saturated heterocycles. The number of ether oxygens (including phenoxy) is 2. The van der Waals surface area contributed by atoms with Crippen molar-refractivity contribution in [3.63, 3.8) is 0 Å². The number of hydrogen-bond acceptors (Lipinski definition) is 6. The third kappa shape index (κ3) is 4.44. The first-order valence-corrected chi connectivity index (χ1v) is 8.47. The van der Waals surface area contributed by atoms with Gasteiger partial charge in [-0.15, -0.1) is 10.2 Å². The van der Waals surface area contributed by atoms with Crippen LogP contribution in [0.25, 0.3) is 0 Å². The summed E-state index contributed by atoms with van der Waals surface area (Å²) >= 11 is 0. The second-order valence-corrected chi connectivity index (χ2v) is 5.94. The van der Waals surface area contributed by atoms with Gasteiger partial charge in [0.1, 0.15) is 11.5 Å². The van der Waals surface area contributed by atoms with E-state index in [0.29, 0.717) is 29.0 Å². The van der Waals surface area contributed by atoms with Crippen LogP contribution in [-0.4, -0.2) is 30.3 Å². The maximum Gasteiger partial charge on any atom is 0.225 e. The molecule has 0 aliphatic heterocycles. The highest BCUT2D eigenvalue weighted by molar-refractivity contribution is 5.93. The van der Waals surface area contributed by atoms with Crippen LogP contribution < -0.4 is 14.8 Å². The van der Waals surface area contributed by atoms with Crippen molar-refractivity contribution in [2.45, 2.75) is 19.3 Å². The molecule has 3 aromatic rings. The van der Waals surface area contributed by atoms with Crippen LogP contribution in [0.5, 0.6) is 11.5 Å². The van der Waals surface area contributed by atoms with E-state index in [1.807, 2.05) is 30.3 Å². The molecule has 1 N–H and O–H groups in total. The highest BCUT2D eigenvalue weighted by Gasteiger charge is 2.24. The van der Waals surface area contributed by atoms with Gasteiger partial charge in [-0.05, 0) is 17.7 Å². The van der Waals surface area contributed by atoms with Gasteiger partial charge in [0.25, 0.3) is 0 Å². The number of nitrogens with zero attached hydrogens (tertiary/aromatic N) is 2. The number of aryl methyl sites for hydroxylation is 1. The van der Waals surface area contributed by atoms with Crippen molar-refractivity contribution >= 4 is 11.6 Å². The third-order valence-corrected chi connectivity index (χ3v) is 4.11. The van der Waals surface area contributed by atoms with Crippen LogP contribution >= 0.6 is 0 Å². The lowest BCUT2D eigenvalue weighted by atomic mass is 9.95. The number of methoxy groups -OCH3 is 2. The van der Waals surface area contributed by atoms with E-state index in [4.69, 9.17) is 13.9 Å². The standard InChI is InChI=1S/C20H21N3O4/c1-13-22-23-20(27-13)16(14-7-5-4-6-8-14)12-19(24)21-17-10-9-15(25-2)11-18(17)26-3/h4-11,16H,12H2,1-3H3,(H,21,24). The zero-order chi connectivity index (χ0) is 19.2. The molecule has 0 spiro atoms. The van der Waals surface area contributed by atoms with Crippen molar-refractivity contribution in [1.29, 1.82) is 0 Å². The monoisotopic (exact) mass is 367 g/mol. The Morgan fingerprint density at radius 3 is 2.52 bits per heavy atom. The first-order chi connectivity index (χ1) is 13.1. The highest BCUT2D eigenvalue weighted by Crippen LogP contribution is 2.31. The van der Waals surface area contributed by atoms with Crippen molar-refractivity contribution < 1.29 is 18.7 Å². The van der Waals surface area contributed by atoms with Gasteiger partial charge in [-0.3, -0.25) is 4.79 Å². The number of aromatic nitrogens is 2. The summed E-state index contributed by atoms with van der Waals surface area (Å²) in [5.74, 6) is 1.51. The summed E-state index contributed by atoms with van der Waals surface area (Å²) in [7, 11) is 3.11. The Balaban J connectivity index is 1.81. The number of rotatable bonds is 7. The highest BCUT2D eigenvalue weighted by atomic mass is 16.5. The number of carbonyl (C=O) groups excluding carboxylic acids is 1. The SMILES string of the molecule is COc1ccc(NC(=O)CC(c2ccccc2)c2nnc(C)o2)c(OC)c1. The lowest BCUT2D eigenvalue weighted by molar-refractivity contribution is -0.116. The fraction of sp³-hybridized carbons (Fsp3) is 0.250. The van der Waals surface area contributed by atoms with Gasteiger partial charge in [-0.1, -0.05) is 30.3 Å². The fourth-order valence-corrected chi connectivity index (χ4v) is 2.77. The second kappa shape index (κ2) is 8.35. The van der Waals surface area contributed by atoms with Crippen LogP contribution in [-0.2, 0) is 4.79 Å². The molecule has 0 bridgehead atoms. The molecular formula is C20H21N3O4. The average Bonchev–Trinajstić information content (AvgIpc) is 3.13. The first-order valence-electron chi connectivity index (χ1n) is 8.47. The summed E-state index contributed by atoms with van der Waals surface area (Å²) in [4.78, 5) is 12.7. The molecule has 1 heterocycles. The first kappa shape index (κ1) is 18.4. The molecule has 0 aliphatic rings. The van der Waals surface area contributed by atoms with Crippen LogP contribution in [0.3, 0.4) is 0 Å². The molecule has 2 aromatic carbocycles. The normalized spacial score (nSPS) is 11.7. The van der Waals surface area contributed by atoms with E-state index < -0.39 is 0 Å². The molecule has 1 unspecified atom stereocenters. The molecule has 0 saturated carbocycles. The quantitative estimate of drug-likeness (QED) is 0.687. The number of nitrogens with one attached hydrogen (secondary N) is 1. The summed E-state index contributed by atoms with van der Waals surface area (Å²) in [5.41, 5.74) is 1.50. The lowest BCUT2D eigenvalue weighted by Gasteiger charge is -2.15. The smallest absolute Gasteiger partial charge is 0.225 e. The van der Waals surface area contributed by atoms with Crippen molar-refractivity contribution in [1.82, 2.24) is 10.2 Å². The van der Waals surface area contributed by atoms with Crippen molar-refractivity contribution in [3.8, 4) is 11.5 Å². The summed E-state index contributed by atoms with van der Waals surface area (Å²) in [5, 5.41) is 10.9. The van der Waals surface area contributed by atoms with Gasteiger partial charge in [0.2, 0.25) is 17.7 Å². The van der Waals surface area contributed by atoms with Gasteiger partial charge in [0, 0.05) is 19.4 Å². The van der Waals surface area contributed by atoms with Crippen molar-refractivity contribution in [2.24, 2.45) is 0 Å². The average molecular weight is 367 g/mol. The van der Waals surface area contributed by atoms with E-state index in [9.17, 15) is 4.79 Å². The van der Waals surface area contributed by atoms with E-state index in [1.54, 1.807) is 39.3 Å². The minimum atomic E-state index is -0.336. The fourth-order valence-electron chi connectivity index (χ4n) is 2.77. The van der Waals surface area contributed by atoms with E-state index in [-0.39, 0.29) is 18.2 Å². The predicted molar refractivity (Wildman–Crippen MR) is 100 cm³/mol. The number of hydrogen-bond donors (Lipinski definition) is 1. The Hall–Kier alpha value is -3.35. The maximum atomic E-state index is 12.7. The Labute approximate surface area is 157 Å². The van der Waals surface area contributed by atoms with Gasteiger partial charge in [-0.25, -0.2) is 0 Å². The van der Waals surface area contributed by atoms with Gasteiger partial charge in [-0.2, -0.15) is 0 Å². The van der Waals surface area contributed by atoms with Gasteiger partial charge >= 0.3 is 0 Å². The Kier molecular flexibility index (Phi) is 5.71. The second-order valence-electron chi connectivity index (χ2n) is 5.94. The van der Waals surface area contributed by atoms with Crippen molar-refractivity contribution in [2.75, 3.05) is 19.5 Å². The van der Waals surface area contributed by atoms with E-state index >= 15 is 0 Å². The summed E-state index contributed by atoms with van der Waals surface area (Å²) in [6, 6.07) is 14.8. The summed E-state index contributed by atoms with van der Waals surface area (Å²) in [6.45, 7) is 1.72. The molecule has 0 fully saturated rings. The zero-order valence-electron chi connectivity index (χ0n) is 15.4. The van der Waals surface area contributed by atoms with Crippen LogP contribution in [0.1, 0.15) is 29.7 Å². The molecule has 27 heavy (non-hydrogen) atoms. The van der Waals surface area contributed by atoms with Crippen molar-refractivity contribution in [3.05, 3.63) is 65.9 Å². The number of benzene rings is 2. The molecule has 7 nitrogen and oxygen atoms in total. The zero-order valence-corrected chi connectivity index (χ0v) is 15.4. The minimum absolute atomic E-state index is 0.154. The van der Waals surface area contributed by atoms with Gasteiger partial charge in [0.15, 0.2) is 0 Å². The van der Waals surface area contributed by atoms with Crippen LogP contribution in [0.15, 0.2) is 52.9 Å². The van der Waals surface area contributed by atoms with E-state index in [0.717, 1.165) is 5.56 Å². The molecule has 1 amide bonds. The minimum Gasteiger partial charge on any atom is -0.497 e. The lowest BCUT2D eigenvalue weighted by Crippen LogP contribution is -2.17. The van der Waals surface area contributed by atoms with E-state index in [2.05, 4.69) is 15.5 Å². The van der Waals surface area contributed by atoms with Gasteiger partial charge in [0.05, 0.1) is 25.8 Å². The van der Waals surface area contributed by atoms with Crippen LogP contribution in [0.4, 0.5) is 5.69 Å². The number of amides is 1. The number of carbonyl (C=O) groups is 1. The molecule has 7 heteroatoms. The van der Waals surface area contributed by atoms with E-state index in [1.165, 1.54) is 0 Å². The summed E-state index contributed by atoms with van der Waals surface area (Å²) in [6.07, 6.45) is 0.154. The molecule has 0 aliphatic carbocycles. The molecule has 0 radical (unpaired) electrons.